The first-order valence-electron chi connectivity index (χ1n) is 16.9. The van der Waals surface area contributed by atoms with Crippen LogP contribution in [-0.4, -0.2) is 211 Å². The number of ether oxygens (including phenoxy) is 7. The molecule has 4 aliphatic heterocycles. The van der Waals surface area contributed by atoms with Crippen LogP contribution in [0.5, 0.6) is 0 Å². The molecule has 13 unspecified atom stereocenters. The lowest BCUT2D eigenvalue weighted by atomic mass is 9.88. The van der Waals surface area contributed by atoms with Crippen LogP contribution in [0.25, 0.3) is 0 Å². The molecule has 0 radical (unpaired) electrons. The third-order valence-electron chi connectivity index (χ3n) is 10.4. The van der Waals surface area contributed by atoms with Crippen LogP contribution in [0.3, 0.4) is 0 Å². The first-order chi connectivity index (χ1) is 24.5. The van der Waals surface area contributed by atoms with Crippen molar-refractivity contribution < 1.29 is 98.9 Å². The Morgan fingerprint density at radius 1 is 0.596 bits per heavy atom. The van der Waals surface area contributed by atoms with Crippen LogP contribution < -0.4 is 10.6 Å². The van der Waals surface area contributed by atoms with Gasteiger partial charge in [0.25, 0.3) is 0 Å². The van der Waals surface area contributed by atoms with Gasteiger partial charge in [0.2, 0.25) is 11.8 Å². The van der Waals surface area contributed by atoms with Crippen LogP contribution in [0, 0.1) is 11.8 Å². The maximum absolute atomic E-state index is 12.3. The quantitative estimate of drug-likeness (QED) is 0.0879. The van der Waals surface area contributed by atoms with Crippen molar-refractivity contribution in [3.63, 3.8) is 0 Å². The van der Waals surface area contributed by atoms with Gasteiger partial charge in [-0.1, -0.05) is 0 Å². The van der Waals surface area contributed by atoms with Gasteiger partial charge in [-0.25, -0.2) is 0 Å². The molecule has 22 heteroatoms. The van der Waals surface area contributed by atoms with Crippen molar-refractivity contribution >= 4 is 11.8 Å². The molecule has 1 aliphatic carbocycles. The largest absolute Gasteiger partial charge is 0.396 e. The Bertz CT molecular complexity index is 1240. The van der Waals surface area contributed by atoms with Crippen molar-refractivity contribution in [1.29, 1.82) is 0 Å². The van der Waals surface area contributed by atoms with Gasteiger partial charge in [0.1, 0.15) is 73.2 Å². The Morgan fingerprint density at radius 3 is 1.65 bits per heavy atom. The summed E-state index contributed by atoms with van der Waals surface area (Å²) in [6, 6.07) is -2.49. The fourth-order valence-corrected chi connectivity index (χ4v) is 7.66. The number of hydrogen-bond donors (Lipinski definition) is 13. The number of aliphatic hydroxyl groups excluding tert-OH is 10. The molecule has 1 saturated carbocycles. The fraction of sp³-hybridized carbons (Fsp3) is 0.933. The van der Waals surface area contributed by atoms with E-state index in [-0.39, 0.29) is 0 Å². The van der Waals surface area contributed by atoms with Crippen LogP contribution in [0.2, 0.25) is 0 Å². The van der Waals surface area contributed by atoms with Crippen molar-refractivity contribution in [2.45, 2.75) is 137 Å². The molecule has 0 aromatic heterocycles. The summed E-state index contributed by atoms with van der Waals surface area (Å²) in [5.74, 6) is -6.30. The summed E-state index contributed by atoms with van der Waals surface area (Å²) in [6.45, 7) is 0.783. The monoisotopic (exact) mass is 758 g/mol. The summed E-state index contributed by atoms with van der Waals surface area (Å²) in [5.41, 5.74) is 0. The Hall–Kier alpha value is -1.78. The van der Waals surface area contributed by atoms with Crippen LogP contribution in [0.4, 0.5) is 0 Å². The molecule has 0 aromatic rings. The molecule has 4 saturated heterocycles. The molecule has 0 bridgehead atoms. The molecule has 5 aliphatic rings. The van der Waals surface area contributed by atoms with Crippen LogP contribution >= 0.6 is 0 Å². The number of rotatable bonds is 12. The number of fused-ring (bicyclic) bond motifs is 1. The van der Waals surface area contributed by atoms with Crippen LogP contribution in [-0.2, 0) is 42.7 Å². The second kappa shape index (κ2) is 16.5. The first-order valence-corrected chi connectivity index (χ1v) is 16.9. The lowest BCUT2D eigenvalue weighted by Gasteiger charge is -2.53. The zero-order chi connectivity index (χ0) is 38.4. The van der Waals surface area contributed by atoms with E-state index >= 15 is 0 Å². The molecule has 5 fully saturated rings. The molecule has 0 aromatic carbocycles. The Labute approximate surface area is 296 Å². The summed E-state index contributed by atoms with van der Waals surface area (Å²) in [4.78, 5) is 24.1. The van der Waals surface area contributed by atoms with Gasteiger partial charge in [-0.15, -0.1) is 0 Å². The third-order valence-corrected chi connectivity index (χ3v) is 10.4. The molecule has 52 heavy (non-hydrogen) atoms. The summed E-state index contributed by atoms with van der Waals surface area (Å²) in [7, 11) is 0. The number of carbonyl (C=O) groups is 2. The smallest absolute Gasteiger partial charge is 0.217 e. The minimum atomic E-state index is -2.31. The highest BCUT2D eigenvalue weighted by Gasteiger charge is 2.73. The van der Waals surface area contributed by atoms with Crippen molar-refractivity contribution in [3.8, 4) is 0 Å². The van der Waals surface area contributed by atoms with E-state index in [1.54, 1.807) is 6.92 Å². The van der Waals surface area contributed by atoms with Gasteiger partial charge >= 0.3 is 0 Å². The van der Waals surface area contributed by atoms with E-state index in [2.05, 4.69) is 10.6 Å². The molecular formula is C30H50N2O20. The van der Waals surface area contributed by atoms with Gasteiger partial charge in [0.15, 0.2) is 24.7 Å². The van der Waals surface area contributed by atoms with Gasteiger partial charge < -0.3 is 100.0 Å². The van der Waals surface area contributed by atoms with E-state index in [0.717, 1.165) is 6.92 Å². The van der Waals surface area contributed by atoms with E-state index in [0.29, 0.717) is 0 Å². The van der Waals surface area contributed by atoms with Crippen molar-refractivity contribution in [1.82, 2.24) is 10.6 Å². The average Bonchev–Trinajstić information content (AvgIpc) is 3.24. The number of carbonyl (C=O) groups excluding carboxylic acids is 2. The molecule has 21 atom stereocenters. The number of aliphatic hydroxyl groups is 11. The Balaban J connectivity index is 1.37. The summed E-state index contributed by atoms with van der Waals surface area (Å²) < 4.78 is 40.4. The predicted molar refractivity (Wildman–Crippen MR) is 163 cm³/mol. The molecule has 4 heterocycles. The normalized spacial score (nSPS) is 50.6. The zero-order valence-electron chi connectivity index (χ0n) is 28.5. The first kappa shape index (κ1) is 41.4. The average molecular weight is 759 g/mol. The van der Waals surface area contributed by atoms with Gasteiger partial charge in [0, 0.05) is 13.8 Å². The highest BCUT2D eigenvalue weighted by molar-refractivity contribution is 5.73. The highest BCUT2D eigenvalue weighted by atomic mass is 16.8. The number of nitrogens with one attached hydrogen (secondary N) is 2. The van der Waals surface area contributed by atoms with Crippen LogP contribution in [0.15, 0.2) is 0 Å². The SMILES string of the molecule is CC(=O)NC1C(O)[C@H](O[C@@H]2OC3(O)C2C(O[C@H]2OC(CO)[C@@H](O)C(O)C2O)[C@H](O)C3CO)C(CO)O[C@H]1O[C@@H]1C(CO)O[C@@H](C)C(NC(C)=O)C1O. The van der Waals surface area contributed by atoms with E-state index in [9.17, 15) is 65.8 Å². The maximum Gasteiger partial charge on any atom is 0.217 e. The maximum atomic E-state index is 12.3. The summed E-state index contributed by atoms with van der Waals surface area (Å²) in [6.07, 6.45) is -24.8. The molecule has 0 spiro atoms. The molecule has 5 rings (SSSR count). The standard InChI is InChI=1S/C30H50N2O20/c1-8-16(31-9(2)37)20(41)24(13(6-35)46-8)50-28-17(32-10(3)38)21(42)25(14(7-36)48-28)49-27-15-26(18(39)11(4-33)30(15,45)52-27)51-29-23(44)22(43)19(40)12(5-34)47-29/h8,11-29,33-36,39-45H,4-7H2,1-3H3,(H,31,37)(H,32,38)/t8-,11?,12?,13?,14?,15?,16?,17?,18+,19+,20?,21?,22?,23?,24+,25+,26?,27+,28-,29+,30?/m0/s1. The fourth-order valence-electron chi connectivity index (χ4n) is 7.66. The minimum Gasteiger partial charge on any atom is -0.396 e. The highest BCUT2D eigenvalue weighted by Crippen LogP contribution is 2.55. The Morgan fingerprint density at radius 2 is 1.10 bits per heavy atom. The van der Waals surface area contributed by atoms with E-state index < -0.39 is 166 Å². The van der Waals surface area contributed by atoms with E-state index in [1.165, 1.54) is 6.92 Å². The zero-order valence-corrected chi connectivity index (χ0v) is 28.5. The van der Waals surface area contributed by atoms with Crippen molar-refractivity contribution in [2.24, 2.45) is 11.8 Å². The number of hydrogen-bond acceptors (Lipinski definition) is 20. The van der Waals surface area contributed by atoms with Crippen molar-refractivity contribution in [2.75, 3.05) is 26.4 Å². The second-order valence-electron chi connectivity index (χ2n) is 13.8. The van der Waals surface area contributed by atoms with E-state index in [4.69, 9.17) is 33.2 Å². The second-order valence-corrected chi connectivity index (χ2v) is 13.8. The Kier molecular flexibility index (Phi) is 13.2. The van der Waals surface area contributed by atoms with E-state index in [1.807, 2.05) is 0 Å². The predicted octanol–water partition coefficient (Wildman–Crippen LogP) is -8.19. The summed E-state index contributed by atoms with van der Waals surface area (Å²) >= 11 is 0. The van der Waals surface area contributed by atoms with Gasteiger partial charge in [0.05, 0.1) is 56.5 Å². The molecule has 13 N–H and O–H groups in total. The summed E-state index contributed by atoms with van der Waals surface area (Å²) in [5, 5.41) is 121. The van der Waals surface area contributed by atoms with Gasteiger partial charge in [-0.05, 0) is 6.92 Å². The van der Waals surface area contributed by atoms with Gasteiger partial charge in [-0.2, -0.15) is 0 Å². The molecule has 300 valence electrons. The molecule has 2 amide bonds. The van der Waals surface area contributed by atoms with Crippen LogP contribution in [0.1, 0.15) is 20.8 Å². The molecule has 22 nitrogen and oxygen atoms in total. The third kappa shape index (κ3) is 7.56. The van der Waals surface area contributed by atoms with Gasteiger partial charge in [-0.3, -0.25) is 9.59 Å². The molecular weight excluding hydrogens is 708 g/mol. The topological polar surface area (TPSA) is 345 Å². The number of amides is 2. The minimum absolute atomic E-state index is 0.493. The lowest BCUT2D eigenvalue weighted by molar-refractivity contribution is -0.459. The lowest BCUT2D eigenvalue weighted by Crippen LogP contribution is -2.71. The van der Waals surface area contributed by atoms with Crippen molar-refractivity contribution in [3.05, 3.63) is 0 Å².